The highest BCUT2D eigenvalue weighted by molar-refractivity contribution is 5.98. The van der Waals surface area contributed by atoms with Crippen molar-refractivity contribution in [2.75, 3.05) is 20.1 Å². The molecule has 1 aliphatic rings. The van der Waals surface area contributed by atoms with E-state index in [1.807, 2.05) is 30.3 Å². The smallest absolute Gasteiger partial charge is 0.167 e. The van der Waals surface area contributed by atoms with Crippen LogP contribution in [-0.2, 0) is 0 Å². The average Bonchev–Trinajstić information content (AvgIpc) is 2.65. The van der Waals surface area contributed by atoms with E-state index >= 15 is 0 Å². The molecule has 0 N–H and O–H groups in total. The van der Waals surface area contributed by atoms with Crippen molar-refractivity contribution in [2.45, 2.75) is 6.42 Å². The van der Waals surface area contributed by atoms with Crippen LogP contribution in [0.2, 0.25) is 0 Å². The van der Waals surface area contributed by atoms with E-state index < -0.39 is 0 Å². The number of carbonyl (C=O) groups is 1. The molecular formula is C12H15NO. The highest BCUT2D eigenvalue weighted by atomic mass is 16.1. The SMILES string of the molecule is CN1CCC(C(=O)c2ccccc2)C1. The number of benzene rings is 1. The van der Waals surface area contributed by atoms with Crippen molar-refractivity contribution in [1.29, 1.82) is 0 Å². The summed E-state index contributed by atoms with van der Waals surface area (Å²) in [5.74, 6) is 0.511. The number of likely N-dealkylation sites (tertiary alicyclic amines) is 1. The van der Waals surface area contributed by atoms with Crippen LogP contribution in [0, 0.1) is 5.92 Å². The Morgan fingerprint density at radius 2 is 2.07 bits per heavy atom. The molecule has 1 atom stereocenters. The normalized spacial score (nSPS) is 22.5. The average molecular weight is 189 g/mol. The van der Waals surface area contributed by atoms with Crippen molar-refractivity contribution < 1.29 is 4.79 Å². The summed E-state index contributed by atoms with van der Waals surface area (Å²) in [5.41, 5.74) is 0.854. The quantitative estimate of drug-likeness (QED) is 0.661. The first-order chi connectivity index (χ1) is 6.77. The summed E-state index contributed by atoms with van der Waals surface area (Å²) in [7, 11) is 2.07. The van der Waals surface area contributed by atoms with E-state index in [2.05, 4.69) is 11.9 Å². The zero-order valence-corrected chi connectivity index (χ0v) is 8.44. The number of rotatable bonds is 2. The van der Waals surface area contributed by atoms with Crippen LogP contribution in [0.15, 0.2) is 30.3 Å². The third kappa shape index (κ3) is 1.85. The van der Waals surface area contributed by atoms with E-state index in [0.29, 0.717) is 5.78 Å². The standard InChI is InChI=1S/C12H15NO/c1-13-8-7-11(9-13)12(14)10-5-3-2-4-6-10/h2-6,11H,7-9H2,1H3. The Labute approximate surface area is 84.5 Å². The zero-order chi connectivity index (χ0) is 9.97. The van der Waals surface area contributed by atoms with Crippen LogP contribution in [0.5, 0.6) is 0 Å². The highest BCUT2D eigenvalue weighted by Gasteiger charge is 2.26. The van der Waals surface area contributed by atoms with Gasteiger partial charge in [-0.1, -0.05) is 30.3 Å². The van der Waals surface area contributed by atoms with E-state index in [1.165, 1.54) is 0 Å². The molecule has 0 aromatic heterocycles. The Balaban J connectivity index is 2.10. The van der Waals surface area contributed by atoms with Gasteiger partial charge >= 0.3 is 0 Å². The highest BCUT2D eigenvalue weighted by Crippen LogP contribution is 2.19. The molecule has 2 heteroatoms. The first-order valence-corrected chi connectivity index (χ1v) is 5.05. The summed E-state index contributed by atoms with van der Waals surface area (Å²) in [5, 5.41) is 0. The van der Waals surface area contributed by atoms with Crippen LogP contribution in [0.3, 0.4) is 0 Å². The monoisotopic (exact) mass is 189 g/mol. The Bertz CT molecular complexity index is 320. The molecular weight excluding hydrogens is 174 g/mol. The summed E-state index contributed by atoms with van der Waals surface area (Å²) in [6.45, 7) is 1.96. The molecule has 1 aromatic rings. The molecule has 2 nitrogen and oxygen atoms in total. The molecule has 0 amide bonds. The van der Waals surface area contributed by atoms with Gasteiger partial charge in [0.25, 0.3) is 0 Å². The van der Waals surface area contributed by atoms with Crippen LogP contribution < -0.4 is 0 Å². The minimum atomic E-state index is 0.211. The first-order valence-electron chi connectivity index (χ1n) is 5.05. The van der Waals surface area contributed by atoms with E-state index in [9.17, 15) is 4.79 Å². The molecule has 1 heterocycles. The zero-order valence-electron chi connectivity index (χ0n) is 8.44. The van der Waals surface area contributed by atoms with Gasteiger partial charge in [-0.05, 0) is 20.0 Å². The molecule has 74 valence electrons. The van der Waals surface area contributed by atoms with Gasteiger partial charge in [0.05, 0.1) is 0 Å². The van der Waals surface area contributed by atoms with E-state index in [0.717, 1.165) is 25.1 Å². The van der Waals surface area contributed by atoms with Crippen LogP contribution >= 0.6 is 0 Å². The largest absolute Gasteiger partial charge is 0.306 e. The Hall–Kier alpha value is -1.15. The molecule has 1 aromatic carbocycles. The van der Waals surface area contributed by atoms with Gasteiger partial charge in [0, 0.05) is 18.0 Å². The van der Waals surface area contributed by atoms with E-state index in [4.69, 9.17) is 0 Å². The molecule has 1 saturated heterocycles. The third-order valence-corrected chi connectivity index (χ3v) is 2.82. The Morgan fingerprint density at radius 3 is 2.64 bits per heavy atom. The fourth-order valence-corrected chi connectivity index (χ4v) is 1.99. The van der Waals surface area contributed by atoms with Gasteiger partial charge in [-0.3, -0.25) is 4.79 Å². The molecule has 0 radical (unpaired) electrons. The minimum Gasteiger partial charge on any atom is -0.306 e. The van der Waals surface area contributed by atoms with Crippen molar-refractivity contribution in [1.82, 2.24) is 4.90 Å². The first kappa shape index (κ1) is 9.41. The van der Waals surface area contributed by atoms with Gasteiger partial charge in [-0.15, -0.1) is 0 Å². The summed E-state index contributed by atoms with van der Waals surface area (Å²) < 4.78 is 0. The summed E-state index contributed by atoms with van der Waals surface area (Å²) >= 11 is 0. The Morgan fingerprint density at radius 1 is 1.36 bits per heavy atom. The molecule has 0 bridgehead atoms. The van der Waals surface area contributed by atoms with Crippen LogP contribution in [0.25, 0.3) is 0 Å². The predicted molar refractivity (Wildman–Crippen MR) is 56.4 cm³/mol. The predicted octanol–water partition coefficient (Wildman–Crippen LogP) is 1.82. The topological polar surface area (TPSA) is 20.3 Å². The lowest BCUT2D eigenvalue weighted by atomic mass is 9.97. The summed E-state index contributed by atoms with van der Waals surface area (Å²) in [4.78, 5) is 14.2. The number of carbonyl (C=O) groups excluding carboxylic acids is 1. The second kappa shape index (κ2) is 3.93. The molecule has 0 saturated carbocycles. The summed E-state index contributed by atoms with van der Waals surface area (Å²) in [6.07, 6.45) is 1.00. The van der Waals surface area contributed by atoms with E-state index in [1.54, 1.807) is 0 Å². The van der Waals surface area contributed by atoms with Gasteiger partial charge in [-0.25, -0.2) is 0 Å². The second-order valence-electron chi connectivity index (χ2n) is 3.98. The van der Waals surface area contributed by atoms with E-state index in [-0.39, 0.29) is 5.92 Å². The Kier molecular flexibility index (Phi) is 2.64. The lowest BCUT2D eigenvalue weighted by Gasteiger charge is -2.08. The fraction of sp³-hybridized carbons (Fsp3) is 0.417. The fourth-order valence-electron chi connectivity index (χ4n) is 1.99. The van der Waals surface area contributed by atoms with Gasteiger partial charge in [0.15, 0.2) is 5.78 Å². The lowest BCUT2D eigenvalue weighted by Crippen LogP contribution is -2.19. The number of hydrogen-bond acceptors (Lipinski definition) is 2. The van der Waals surface area contributed by atoms with Crippen LogP contribution in [0.1, 0.15) is 16.8 Å². The van der Waals surface area contributed by atoms with Crippen molar-refractivity contribution >= 4 is 5.78 Å². The van der Waals surface area contributed by atoms with Crippen molar-refractivity contribution in [3.05, 3.63) is 35.9 Å². The second-order valence-corrected chi connectivity index (χ2v) is 3.98. The molecule has 1 unspecified atom stereocenters. The van der Waals surface area contributed by atoms with Gasteiger partial charge < -0.3 is 4.90 Å². The molecule has 1 aliphatic heterocycles. The summed E-state index contributed by atoms with van der Waals surface area (Å²) in [6, 6.07) is 9.59. The molecule has 14 heavy (non-hydrogen) atoms. The molecule has 0 aliphatic carbocycles. The van der Waals surface area contributed by atoms with Crippen LogP contribution in [-0.4, -0.2) is 30.8 Å². The molecule has 1 fully saturated rings. The number of nitrogens with zero attached hydrogens (tertiary/aromatic N) is 1. The molecule has 2 rings (SSSR count). The number of ketones is 1. The minimum absolute atomic E-state index is 0.211. The maximum atomic E-state index is 12.0. The number of Topliss-reactive ketones (excluding diaryl/α,β-unsaturated/α-hetero) is 1. The van der Waals surface area contributed by atoms with Gasteiger partial charge in [0.2, 0.25) is 0 Å². The maximum Gasteiger partial charge on any atom is 0.167 e. The van der Waals surface area contributed by atoms with Crippen molar-refractivity contribution in [3.63, 3.8) is 0 Å². The number of hydrogen-bond donors (Lipinski definition) is 0. The van der Waals surface area contributed by atoms with Crippen molar-refractivity contribution in [2.24, 2.45) is 5.92 Å². The third-order valence-electron chi connectivity index (χ3n) is 2.82. The van der Waals surface area contributed by atoms with Crippen molar-refractivity contribution in [3.8, 4) is 0 Å². The van der Waals surface area contributed by atoms with Gasteiger partial charge in [-0.2, -0.15) is 0 Å². The van der Waals surface area contributed by atoms with Gasteiger partial charge in [0.1, 0.15) is 0 Å². The molecule has 0 spiro atoms. The van der Waals surface area contributed by atoms with Crippen LogP contribution in [0.4, 0.5) is 0 Å². The maximum absolute atomic E-state index is 12.0. The lowest BCUT2D eigenvalue weighted by molar-refractivity contribution is 0.0924.